The monoisotopic (exact) mass is 322 g/mol. The maximum Gasteiger partial charge on any atom is 0.191 e. The zero-order chi connectivity index (χ0) is 16.7. The Morgan fingerprint density at radius 2 is 1.65 bits per heavy atom. The third-order valence-electron chi connectivity index (χ3n) is 5.93. The van der Waals surface area contributed by atoms with E-state index in [9.17, 15) is 0 Å². The van der Waals surface area contributed by atoms with Crippen LogP contribution in [-0.4, -0.2) is 49.6 Å². The Balaban J connectivity index is 1.66. The molecule has 4 nitrogen and oxygen atoms in total. The molecule has 0 aromatic heterocycles. The molecule has 23 heavy (non-hydrogen) atoms. The molecule has 1 heterocycles. The van der Waals surface area contributed by atoms with Crippen LogP contribution in [0.1, 0.15) is 65.7 Å². The van der Waals surface area contributed by atoms with Crippen molar-refractivity contribution in [1.82, 2.24) is 15.5 Å². The van der Waals surface area contributed by atoms with E-state index in [1.165, 1.54) is 58.0 Å². The summed E-state index contributed by atoms with van der Waals surface area (Å²) in [5.41, 5.74) is 0. The van der Waals surface area contributed by atoms with E-state index in [1.54, 1.807) is 0 Å². The third kappa shape index (κ3) is 5.98. The topological polar surface area (TPSA) is 39.7 Å². The number of guanidine groups is 1. The smallest absolute Gasteiger partial charge is 0.191 e. The lowest BCUT2D eigenvalue weighted by Gasteiger charge is -2.35. The molecule has 1 aliphatic carbocycles. The molecule has 0 bridgehead atoms. The number of hydrogen-bond acceptors (Lipinski definition) is 2. The zero-order valence-electron chi connectivity index (χ0n) is 15.8. The van der Waals surface area contributed by atoms with Crippen molar-refractivity contribution in [2.24, 2.45) is 16.8 Å². The normalized spacial score (nSPS) is 28.1. The largest absolute Gasteiger partial charge is 0.356 e. The quantitative estimate of drug-likeness (QED) is 0.603. The Morgan fingerprint density at radius 3 is 2.17 bits per heavy atom. The third-order valence-corrected chi connectivity index (χ3v) is 5.93. The molecule has 0 radical (unpaired) electrons. The standard InChI is InChI=1S/C19H38N4/c1-5-16-6-8-17(9-7-16)14-21-19(20-4)22-18-10-12-23(13-11-18)15(2)3/h15-18H,5-14H2,1-4H3,(H2,20,21,22). The van der Waals surface area contributed by atoms with Crippen molar-refractivity contribution in [3.63, 3.8) is 0 Å². The summed E-state index contributed by atoms with van der Waals surface area (Å²) in [6, 6.07) is 1.25. The number of rotatable bonds is 5. The van der Waals surface area contributed by atoms with Crippen LogP contribution < -0.4 is 10.6 Å². The minimum absolute atomic E-state index is 0.576. The molecular weight excluding hydrogens is 284 g/mol. The molecule has 1 aliphatic heterocycles. The van der Waals surface area contributed by atoms with Crippen molar-refractivity contribution in [1.29, 1.82) is 0 Å². The van der Waals surface area contributed by atoms with Gasteiger partial charge in [-0.05, 0) is 51.4 Å². The number of likely N-dealkylation sites (tertiary alicyclic amines) is 1. The molecule has 0 unspecified atom stereocenters. The Hall–Kier alpha value is -0.770. The zero-order valence-corrected chi connectivity index (χ0v) is 15.8. The van der Waals surface area contributed by atoms with Crippen LogP contribution in [0.25, 0.3) is 0 Å². The maximum atomic E-state index is 4.43. The summed E-state index contributed by atoms with van der Waals surface area (Å²) in [4.78, 5) is 7.00. The number of nitrogens with zero attached hydrogens (tertiary/aromatic N) is 2. The van der Waals surface area contributed by atoms with Crippen LogP contribution in [-0.2, 0) is 0 Å². The van der Waals surface area contributed by atoms with E-state index >= 15 is 0 Å². The second kappa shape index (κ2) is 9.51. The van der Waals surface area contributed by atoms with Gasteiger partial charge in [-0.15, -0.1) is 0 Å². The van der Waals surface area contributed by atoms with E-state index in [1.807, 2.05) is 7.05 Å². The molecule has 2 rings (SSSR count). The Bertz CT molecular complexity index is 350. The first-order valence-electron chi connectivity index (χ1n) is 9.83. The fourth-order valence-corrected chi connectivity index (χ4v) is 4.03. The summed E-state index contributed by atoms with van der Waals surface area (Å²) in [7, 11) is 1.90. The van der Waals surface area contributed by atoms with E-state index in [0.717, 1.165) is 24.3 Å². The summed E-state index contributed by atoms with van der Waals surface area (Å²) in [6.07, 6.45) is 9.41. The first-order chi connectivity index (χ1) is 11.1. The van der Waals surface area contributed by atoms with E-state index in [-0.39, 0.29) is 0 Å². The molecule has 1 saturated carbocycles. The first-order valence-corrected chi connectivity index (χ1v) is 9.83. The van der Waals surface area contributed by atoms with Crippen molar-refractivity contribution in [3.05, 3.63) is 0 Å². The summed E-state index contributed by atoms with van der Waals surface area (Å²) in [6.45, 7) is 10.4. The summed E-state index contributed by atoms with van der Waals surface area (Å²) in [5.74, 6) is 2.82. The van der Waals surface area contributed by atoms with Crippen LogP contribution in [0, 0.1) is 11.8 Å². The van der Waals surface area contributed by atoms with E-state index in [0.29, 0.717) is 12.1 Å². The van der Waals surface area contributed by atoms with Crippen LogP contribution in [0.4, 0.5) is 0 Å². The van der Waals surface area contributed by atoms with Crippen LogP contribution in [0.5, 0.6) is 0 Å². The highest BCUT2D eigenvalue weighted by Crippen LogP contribution is 2.30. The van der Waals surface area contributed by atoms with Gasteiger partial charge < -0.3 is 15.5 Å². The van der Waals surface area contributed by atoms with Gasteiger partial charge in [0.05, 0.1) is 0 Å². The van der Waals surface area contributed by atoms with Gasteiger partial charge in [0.2, 0.25) is 0 Å². The van der Waals surface area contributed by atoms with Gasteiger partial charge in [0.15, 0.2) is 5.96 Å². The molecule has 2 N–H and O–H groups in total. The summed E-state index contributed by atoms with van der Waals surface area (Å²) in [5, 5.41) is 7.22. The van der Waals surface area contributed by atoms with Gasteiger partial charge in [-0.3, -0.25) is 4.99 Å². The molecule has 0 aromatic rings. The Morgan fingerprint density at radius 1 is 1.04 bits per heavy atom. The minimum Gasteiger partial charge on any atom is -0.356 e. The average Bonchev–Trinajstić information content (AvgIpc) is 2.59. The van der Waals surface area contributed by atoms with Gasteiger partial charge in [-0.2, -0.15) is 0 Å². The highest BCUT2D eigenvalue weighted by atomic mass is 15.2. The van der Waals surface area contributed by atoms with Crippen LogP contribution >= 0.6 is 0 Å². The van der Waals surface area contributed by atoms with Gasteiger partial charge >= 0.3 is 0 Å². The lowest BCUT2D eigenvalue weighted by Crippen LogP contribution is -2.50. The number of piperidine rings is 1. The molecule has 134 valence electrons. The minimum atomic E-state index is 0.576. The van der Waals surface area contributed by atoms with Crippen molar-refractivity contribution >= 4 is 5.96 Å². The number of aliphatic imine (C=N–C) groups is 1. The van der Waals surface area contributed by atoms with Gasteiger partial charge in [0, 0.05) is 38.8 Å². The molecule has 0 atom stereocenters. The van der Waals surface area contributed by atoms with Crippen LogP contribution in [0.15, 0.2) is 4.99 Å². The van der Waals surface area contributed by atoms with E-state index in [2.05, 4.69) is 41.3 Å². The predicted octanol–water partition coefficient (Wildman–Crippen LogP) is 3.24. The van der Waals surface area contributed by atoms with Crippen molar-refractivity contribution in [3.8, 4) is 0 Å². The molecule has 0 amide bonds. The highest BCUT2D eigenvalue weighted by molar-refractivity contribution is 5.79. The van der Waals surface area contributed by atoms with E-state index < -0.39 is 0 Å². The van der Waals surface area contributed by atoms with Crippen LogP contribution in [0.2, 0.25) is 0 Å². The van der Waals surface area contributed by atoms with Gasteiger partial charge in [-0.25, -0.2) is 0 Å². The van der Waals surface area contributed by atoms with E-state index in [4.69, 9.17) is 0 Å². The lowest BCUT2D eigenvalue weighted by atomic mass is 9.81. The van der Waals surface area contributed by atoms with Gasteiger partial charge in [-0.1, -0.05) is 26.2 Å². The number of nitrogens with one attached hydrogen (secondary N) is 2. The summed E-state index contributed by atoms with van der Waals surface area (Å²) >= 11 is 0. The fourth-order valence-electron chi connectivity index (χ4n) is 4.03. The maximum absolute atomic E-state index is 4.43. The number of hydrogen-bond donors (Lipinski definition) is 2. The van der Waals surface area contributed by atoms with Crippen molar-refractivity contribution < 1.29 is 0 Å². The van der Waals surface area contributed by atoms with Crippen molar-refractivity contribution in [2.45, 2.75) is 77.8 Å². The molecular formula is C19H38N4. The Kier molecular flexibility index (Phi) is 7.68. The van der Waals surface area contributed by atoms with Gasteiger partial charge in [0.25, 0.3) is 0 Å². The molecule has 2 aliphatic rings. The molecule has 1 saturated heterocycles. The second-order valence-electron chi connectivity index (χ2n) is 7.80. The highest BCUT2D eigenvalue weighted by Gasteiger charge is 2.23. The predicted molar refractivity (Wildman–Crippen MR) is 100.0 cm³/mol. The average molecular weight is 323 g/mol. The molecule has 0 spiro atoms. The molecule has 4 heteroatoms. The lowest BCUT2D eigenvalue weighted by molar-refractivity contribution is 0.167. The molecule has 2 fully saturated rings. The Labute approximate surface area is 143 Å². The fraction of sp³-hybridized carbons (Fsp3) is 0.947. The van der Waals surface area contributed by atoms with Crippen molar-refractivity contribution in [2.75, 3.05) is 26.7 Å². The van der Waals surface area contributed by atoms with Gasteiger partial charge in [0.1, 0.15) is 0 Å². The summed E-state index contributed by atoms with van der Waals surface area (Å²) < 4.78 is 0. The van der Waals surface area contributed by atoms with Crippen LogP contribution in [0.3, 0.4) is 0 Å². The molecule has 0 aromatic carbocycles. The first kappa shape index (κ1) is 18.6. The second-order valence-corrected chi connectivity index (χ2v) is 7.80. The SMILES string of the molecule is CCC1CCC(CNC(=NC)NC2CCN(C(C)C)CC2)CC1.